The average Bonchev–Trinajstić information content (AvgIpc) is 2.56. The Hall–Kier alpha value is -0.860. The van der Waals surface area contributed by atoms with E-state index >= 15 is 0 Å². The van der Waals surface area contributed by atoms with Gasteiger partial charge in [0.05, 0.1) is 13.2 Å². The normalized spacial score (nSPS) is 17.9. The zero-order chi connectivity index (χ0) is 16.9. The maximum absolute atomic E-state index is 11.7. The van der Waals surface area contributed by atoms with Gasteiger partial charge in [0.25, 0.3) is 0 Å². The van der Waals surface area contributed by atoms with E-state index in [0.717, 1.165) is 24.3 Å². The lowest BCUT2D eigenvalue weighted by Gasteiger charge is -2.35. The van der Waals surface area contributed by atoms with Gasteiger partial charge in [-0.1, -0.05) is 12.1 Å². The fraction of sp³-hybridized carbons (Fsp3) is 0.600. The van der Waals surface area contributed by atoms with Gasteiger partial charge in [-0.05, 0) is 17.7 Å². The number of hydrogen-bond acceptors (Lipinski definition) is 5. The van der Waals surface area contributed by atoms with Crippen LogP contribution in [0.25, 0.3) is 0 Å². The zero-order valence-electron chi connectivity index (χ0n) is 13.5. The molecule has 1 aliphatic rings. The Balaban J connectivity index is 2.17. The second-order valence-corrected chi connectivity index (χ2v) is 8.11. The number of sulfonamides is 1. The largest absolute Gasteiger partial charge is 0.379 e. The van der Waals surface area contributed by atoms with Gasteiger partial charge in [0.1, 0.15) is 5.21 Å². The fourth-order valence-corrected chi connectivity index (χ4v) is 3.31. The third-order valence-corrected chi connectivity index (χ3v) is 5.68. The molecule has 2 rings (SSSR count). The summed E-state index contributed by atoms with van der Waals surface area (Å²) in [6.45, 7) is 3.19. The Labute approximate surface area is 143 Å². The molecule has 0 radical (unpaired) electrons. The maximum Gasteiger partial charge on any atom is 0.225 e. The quantitative estimate of drug-likeness (QED) is 0.740. The minimum Gasteiger partial charge on any atom is -0.379 e. The van der Waals surface area contributed by atoms with Crippen LogP contribution < -0.4 is 9.62 Å². The number of hydrogen-bond donors (Lipinski definition) is 1. The average molecular weight is 362 g/mol. The second kappa shape index (κ2) is 8.30. The Bertz CT molecular complexity index is 586. The maximum atomic E-state index is 11.7. The lowest BCUT2D eigenvalue weighted by Crippen LogP contribution is -2.43. The molecule has 0 aliphatic carbocycles. The van der Waals surface area contributed by atoms with Gasteiger partial charge in [-0.2, -0.15) is 0 Å². The minimum atomic E-state index is -3.43. The van der Waals surface area contributed by atoms with Crippen molar-refractivity contribution in [3.63, 3.8) is 0 Å². The highest BCUT2D eigenvalue weighted by molar-refractivity contribution is 7.90. The summed E-state index contributed by atoms with van der Waals surface area (Å²) in [6, 6.07) is 8.14. The van der Waals surface area contributed by atoms with E-state index in [1.807, 2.05) is 43.3 Å². The van der Waals surface area contributed by atoms with Crippen molar-refractivity contribution in [1.29, 1.82) is 0 Å². The minimum absolute atomic E-state index is 0.0342. The first-order valence-corrected chi connectivity index (χ1v) is 9.74. The van der Waals surface area contributed by atoms with E-state index in [2.05, 4.69) is 9.62 Å². The number of rotatable bonds is 7. The molecular formula is C15H24ClN3O3S. The molecule has 1 aromatic rings. The van der Waals surface area contributed by atoms with Crippen LogP contribution in [0.2, 0.25) is 0 Å². The molecule has 1 fully saturated rings. The molecular weight excluding hydrogens is 338 g/mol. The summed E-state index contributed by atoms with van der Waals surface area (Å²) in [5, 5.41) is -0.428. The molecule has 0 spiro atoms. The Morgan fingerprint density at radius 1 is 1.26 bits per heavy atom. The Morgan fingerprint density at radius 2 is 1.87 bits per heavy atom. The first kappa shape index (κ1) is 18.5. The summed E-state index contributed by atoms with van der Waals surface area (Å²) in [6.07, 6.45) is 0. The van der Waals surface area contributed by atoms with Crippen molar-refractivity contribution in [3.05, 3.63) is 29.8 Å². The first-order chi connectivity index (χ1) is 10.9. The van der Waals surface area contributed by atoms with E-state index in [-0.39, 0.29) is 6.04 Å². The molecule has 0 bridgehead atoms. The first-order valence-electron chi connectivity index (χ1n) is 7.55. The van der Waals surface area contributed by atoms with E-state index in [1.165, 1.54) is 0 Å². The van der Waals surface area contributed by atoms with Gasteiger partial charge in [0.15, 0.2) is 0 Å². The van der Waals surface area contributed by atoms with Gasteiger partial charge in [-0.25, -0.2) is 13.1 Å². The van der Waals surface area contributed by atoms with Crippen molar-refractivity contribution >= 4 is 27.3 Å². The molecule has 0 aromatic heterocycles. The highest BCUT2D eigenvalue weighted by atomic mass is 35.5. The summed E-state index contributed by atoms with van der Waals surface area (Å²) in [7, 11) is 0.545. The number of benzene rings is 1. The summed E-state index contributed by atoms with van der Waals surface area (Å²) >= 11 is 5.47. The number of alkyl halides is 1. The van der Waals surface area contributed by atoms with Gasteiger partial charge in [0.2, 0.25) is 10.0 Å². The van der Waals surface area contributed by atoms with Crippen molar-refractivity contribution < 1.29 is 13.2 Å². The highest BCUT2D eigenvalue weighted by Gasteiger charge is 2.24. The molecule has 1 heterocycles. The van der Waals surface area contributed by atoms with Crippen LogP contribution in [0.5, 0.6) is 0 Å². The summed E-state index contributed by atoms with van der Waals surface area (Å²) in [5.41, 5.74) is 2.19. The number of nitrogens with zero attached hydrogens (tertiary/aromatic N) is 2. The van der Waals surface area contributed by atoms with Crippen LogP contribution in [0, 0.1) is 0 Å². The van der Waals surface area contributed by atoms with Crippen LogP contribution in [0.3, 0.4) is 0 Å². The molecule has 1 atom stereocenters. The van der Waals surface area contributed by atoms with Crippen molar-refractivity contribution in [2.45, 2.75) is 6.04 Å². The monoisotopic (exact) mass is 361 g/mol. The van der Waals surface area contributed by atoms with Crippen molar-refractivity contribution in [2.24, 2.45) is 0 Å². The van der Waals surface area contributed by atoms with Crippen LogP contribution in [0.1, 0.15) is 11.6 Å². The molecule has 1 aromatic carbocycles. The molecule has 130 valence electrons. The van der Waals surface area contributed by atoms with Gasteiger partial charge in [-0.3, -0.25) is 4.90 Å². The number of halogens is 1. The summed E-state index contributed by atoms with van der Waals surface area (Å²) in [5.74, 6) is 0. The molecule has 0 unspecified atom stereocenters. The molecule has 6 nitrogen and oxygen atoms in total. The van der Waals surface area contributed by atoms with E-state index in [0.29, 0.717) is 19.8 Å². The molecule has 1 aliphatic heterocycles. The van der Waals surface area contributed by atoms with Crippen LogP contribution in [0.4, 0.5) is 5.69 Å². The van der Waals surface area contributed by atoms with E-state index < -0.39 is 15.2 Å². The highest BCUT2D eigenvalue weighted by Crippen LogP contribution is 2.24. The van der Waals surface area contributed by atoms with E-state index in [4.69, 9.17) is 16.3 Å². The lowest BCUT2D eigenvalue weighted by molar-refractivity contribution is 0.0172. The van der Waals surface area contributed by atoms with Crippen molar-refractivity contribution in [3.8, 4) is 0 Å². The van der Waals surface area contributed by atoms with Crippen LogP contribution in [-0.4, -0.2) is 65.5 Å². The SMILES string of the molecule is CN(C)c1ccc([C@H](CNS(=O)(=O)CCl)N2CCOCC2)cc1. The summed E-state index contributed by atoms with van der Waals surface area (Å²) < 4.78 is 31.3. The Morgan fingerprint density at radius 3 is 2.39 bits per heavy atom. The smallest absolute Gasteiger partial charge is 0.225 e. The molecule has 1 saturated heterocycles. The van der Waals surface area contributed by atoms with Gasteiger partial charge < -0.3 is 9.64 Å². The van der Waals surface area contributed by atoms with E-state index in [1.54, 1.807) is 0 Å². The van der Waals surface area contributed by atoms with Crippen molar-refractivity contribution in [1.82, 2.24) is 9.62 Å². The third-order valence-electron chi connectivity index (χ3n) is 3.92. The van der Waals surface area contributed by atoms with Crippen LogP contribution in [-0.2, 0) is 14.8 Å². The molecule has 0 amide bonds. The number of nitrogens with one attached hydrogen (secondary N) is 1. The lowest BCUT2D eigenvalue weighted by atomic mass is 10.0. The number of ether oxygens (including phenoxy) is 1. The molecule has 1 N–H and O–H groups in total. The molecule has 8 heteroatoms. The second-order valence-electron chi connectivity index (χ2n) is 5.72. The standard InChI is InChI=1S/C15H24ClN3O3S/c1-18(2)14-5-3-13(4-6-14)15(11-17-23(20,21)12-16)19-7-9-22-10-8-19/h3-6,15,17H,7-12H2,1-2H3/t15-/m0/s1. The van der Waals surface area contributed by atoms with Crippen LogP contribution >= 0.6 is 11.6 Å². The third kappa shape index (κ3) is 5.32. The summed E-state index contributed by atoms with van der Waals surface area (Å²) in [4.78, 5) is 4.27. The van der Waals surface area contributed by atoms with Crippen molar-refractivity contribution in [2.75, 3.05) is 57.1 Å². The van der Waals surface area contributed by atoms with Crippen LogP contribution in [0.15, 0.2) is 24.3 Å². The number of morpholine rings is 1. The predicted molar refractivity (Wildman–Crippen MR) is 93.5 cm³/mol. The predicted octanol–water partition coefficient (Wildman–Crippen LogP) is 1.24. The van der Waals surface area contributed by atoms with Gasteiger partial charge in [0, 0.05) is 45.5 Å². The van der Waals surface area contributed by atoms with Gasteiger partial charge >= 0.3 is 0 Å². The topological polar surface area (TPSA) is 61.9 Å². The van der Waals surface area contributed by atoms with Gasteiger partial charge in [-0.15, -0.1) is 11.6 Å². The fourth-order valence-electron chi connectivity index (χ4n) is 2.59. The molecule has 0 saturated carbocycles. The molecule has 23 heavy (non-hydrogen) atoms. The number of anilines is 1. The Kier molecular flexibility index (Phi) is 6.67. The van der Waals surface area contributed by atoms with E-state index in [9.17, 15) is 8.42 Å². The zero-order valence-corrected chi connectivity index (χ0v) is 15.1.